The lowest BCUT2D eigenvalue weighted by Crippen LogP contribution is -2.50. The van der Waals surface area contributed by atoms with Gasteiger partial charge in [0.2, 0.25) is 0 Å². The van der Waals surface area contributed by atoms with Gasteiger partial charge in [0, 0.05) is 37.4 Å². The van der Waals surface area contributed by atoms with Gasteiger partial charge in [-0.3, -0.25) is 4.98 Å². The summed E-state index contributed by atoms with van der Waals surface area (Å²) in [6.45, 7) is 5.00. The Morgan fingerprint density at radius 3 is 3.00 bits per heavy atom. The van der Waals surface area contributed by atoms with E-state index in [-0.39, 0.29) is 0 Å². The average molecular weight is 294 g/mol. The van der Waals surface area contributed by atoms with Crippen molar-refractivity contribution < 1.29 is 4.42 Å². The molecule has 112 valence electrons. The molecule has 3 aromatic rings. The number of benzene rings is 1. The smallest absolute Gasteiger partial charge is 0.298 e. The van der Waals surface area contributed by atoms with Gasteiger partial charge in [-0.05, 0) is 31.2 Å². The standard InChI is InChI=1S/C17H18N4O/c1-12-11-18-9-10-21(12)17-20-15-7-4-5-13(16(15)22-17)14-6-2-3-8-19-14/h2-8,12,18H,9-11H2,1H3. The molecule has 1 aromatic carbocycles. The van der Waals surface area contributed by atoms with Crippen LogP contribution in [0.1, 0.15) is 6.92 Å². The van der Waals surface area contributed by atoms with Gasteiger partial charge in [0.25, 0.3) is 6.01 Å². The second kappa shape index (κ2) is 5.42. The number of aromatic nitrogens is 2. The molecular formula is C17H18N4O. The third-order valence-corrected chi connectivity index (χ3v) is 4.09. The SMILES string of the molecule is CC1CNCCN1c1nc2cccc(-c3ccccn3)c2o1. The van der Waals surface area contributed by atoms with Crippen molar-refractivity contribution in [1.82, 2.24) is 15.3 Å². The van der Waals surface area contributed by atoms with Crippen LogP contribution < -0.4 is 10.2 Å². The summed E-state index contributed by atoms with van der Waals surface area (Å²) in [5, 5.41) is 3.38. The molecule has 1 aliphatic rings. The number of oxazole rings is 1. The van der Waals surface area contributed by atoms with Gasteiger partial charge >= 0.3 is 0 Å². The molecule has 3 heterocycles. The third kappa shape index (κ3) is 2.23. The van der Waals surface area contributed by atoms with Gasteiger partial charge in [-0.15, -0.1) is 0 Å². The monoisotopic (exact) mass is 294 g/mol. The van der Waals surface area contributed by atoms with Crippen LogP contribution in [0.3, 0.4) is 0 Å². The number of pyridine rings is 1. The van der Waals surface area contributed by atoms with Gasteiger partial charge < -0.3 is 14.6 Å². The van der Waals surface area contributed by atoms with Gasteiger partial charge in [0.15, 0.2) is 5.58 Å². The van der Waals surface area contributed by atoms with Gasteiger partial charge in [0.05, 0.1) is 5.69 Å². The maximum atomic E-state index is 6.11. The van der Waals surface area contributed by atoms with Crippen LogP contribution in [0.5, 0.6) is 0 Å². The molecule has 1 unspecified atom stereocenters. The molecule has 0 aliphatic carbocycles. The van der Waals surface area contributed by atoms with E-state index in [9.17, 15) is 0 Å². The minimum Gasteiger partial charge on any atom is -0.423 e. The third-order valence-electron chi connectivity index (χ3n) is 4.09. The van der Waals surface area contributed by atoms with E-state index < -0.39 is 0 Å². The predicted molar refractivity (Wildman–Crippen MR) is 86.9 cm³/mol. The molecule has 1 atom stereocenters. The molecule has 5 nitrogen and oxygen atoms in total. The van der Waals surface area contributed by atoms with Crippen molar-refractivity contribution in [3.63, 3.8) is 0 Å². The molecule has 1 fully saturated rings. The Balaban J connectivity index is 1.81. The summed E-state index contributed by atoms with van der Waals surface area (Å²) in [6.07, 6.45) is 1.80. The zero-order valence-electron chi connectivity index (χ0n) is 12.5. The van der Waals surface area contributed by atoms with Gasteiger partial charge in [0.1, 0.15) is 5.52 Å². The lowest BCUT2D eigenvalue weighted by molar-refractivity contribution is 0.456. The highest BCUT2D eigenvalue weighted by Gasteiger charge is 2.23. The molecule has 0 bridgehead atoms. The van der Waals surface area contributed by atoms with Crippen LogP contribution in [-0.2, 0) is 0 Å². The zero-order chi connectivity index (χ0) is 14.9. The van der Waals surface area contributed by atoms with E-state index in [1.165, 1.54) is 0 Å². The molecule has 5 heteroatoms. The van der Waals surface area contributed by atoms with E-state index in [4.69, 9.17) is 4.42 Å². The molecule has 1 N–H and O–H groups in total. The first kappa shape index (κ1) is 13.3. The Morgan fingerprint density at radius 2 is 2.18 bits per heavy atom. The second-order valence-corrected chi connectivity index (χ2v) is 5.61. The average Bonchev–Trinajstić information content (AvgIpc) is 3.00. The number of hydrogen-bond donors (Lipinski definition) is 1. The number of rotatable bonds is 2. The second-order valence-electron chi connectivity index (χ2n) is 5.61. The molecule has 4 rings (SSSR count). The van der Waals surface area contributed by atoms with E-state index >= 15 is 0 Å². The number of piperazine rings is 1. The van der Waals surface area contributed by atoms with E-state index in [1.54, 1.807) is 6.20 Å². The molecule has 0 radical (unpaired) electrons. The Morgan fingerprint density at radius 1 is 1.23 bits per heavy atom. The number of nitrogens with zero attached hydrogens (tertiary/aromatic N) is 3. The summed E-state index contributed by atoms with van der Waals surface area (Å²) < 4.78 is 6.11. The predicted octanol–water partition coefficient (Wildman–Crippen LogP) is 2.69. The van der Waals surface area contributed by atoms with Crippen LogP contribution in [0, 0.1) is 0 Å². The number of anilines is 1. The van der Waals surface area contributed by atoms with Crippen molar-refractivity contribution in [3.8, 4) is 11.3 Å². The molecule has 1 saturated heterocycles. The highest BCUT2D eigenvalue weighted by Crippen LogP contribution is 2.31. The summed E-state index contributed by atoms with van der Waals surface area (Å²) in [7, 11) is 0. The first-order valence-electron chi connectivity index (χ1n) is 7.61. The maximum Gasteiger partial charge on any atom is 0.298 e. The van der Waals surface area contributed by atoms with Crippen LogP contribution in [0.15, 0.2) is 47.0 Å². The molecule has 1 aliphatic heterocycles. The fourth-order valence-electron chi connectivity index (χ4n) is 2.91. The topological polar surface area (TPSA) is 54.2 Å². The van der Waals surface area contributed by atoms with Crippen molar-refractivity contribution in [2.75, 3.05) is 24.5 Å². The van der Waals surface area contributed by atoms with Gasteiger partial charge in [-0.1, -0.05) is 12.1 Å². The van der Waals surface area contributed by atoms with Crippen molar-refractivity contribution in [3.05, 3.63) is 42.6 Å². The summed E-state index contributed by atoms with van der Waals surface area (Å²) in [6, 6.07) is 13.0. The first-order valence-corrected chi connectivity index (χ1v) is 7.61. The zero-order valence-corrected chi connectivity index (χ0v) is 12.5. The van der Waals surface area contributed by atoms with Crippen LogP contribution in [0.4, 0.5) is 6.01 Å². The van der Waals surface area contributed by atoms with Crippen molar-refractivity contribution >= 4 is 17.1 Å². The fourth-order valence-corrected chi connectivity index (χ4v) is 2.91. The number of para-hydroxylation sites is 1. The highest BCUT2D eigenvalue weighted by atomic mass is 16.4. The highest BCUT2D eigenvalue weighted by molar-refractivity contribution is 5.90. The molecule has 0 amide bonds. The van der Waals surface area contributed by atoms with Crippen molar-refractivity contribution in [1.29, 1.82) is 0 Å². The molecular weight excluding hydrogens is 276 g/mol. The Hall–Kier alpha value is -2.40. The molecule has 22 heavy (non-hydrogen) atoms. The van der Waals surface area contributed by atoms with Crippen LogP contribution in [-0.4, -0.2) is 35.6 Å². The van der Waals surface area contributed by atoms with E-state index in [2.05, 4.69) is 27.1 Å². The number of hydrogen-bond acceptors (Lipinski definition) is 5. The number of fused-ring (bicyclic) bond motifs is 1. The summed E-state index contributed by atoms with van der Waals surface area (Å²) in [5.41, 5.74) is 3.58. The summed E-state index contributed by atoms with van der Waals surface area (Å²) in [5.74, 6) is 0. The van der Waals surface area contributed by atoms with Crippen LogP contribution >= 0.6 is 0 Å². The summed E-state index contributed by atoms with van der Waals surface area (Å²) >= 11 is 0. The van der Waals surface area contributed by atoms with Crippen LogP contribution in [0.2, 0.25) is 0 Å². The molecule has 0 saturated carbocycles. The van der Waals surface area contributed by atoms with E-state index in [0.717, 1.165) is 42.0 Å². The Kier molecular flexibility index (Phi) is 3.27. The largest absolute Gasteiger partial charge is 0.423 e. The van der Waals surface area contributed by atoms with E-state index in [1.807, 2.05) is 36.4 Å². The van der Waals surface area contributed by atoms with Gasteiger partial charge in [-0.25, -0.2) is 0 Å². The quantitative estimate of drug-likeness (QED) is 0.787. The van der Waals surface area contributed by atoms with Gasteiger partial charge in [-0.2, -0.15) is 4.98 Å². The number of nitrogens with one attached hydrogen (secondary N) is 1. The lowest BCUT2D eigenvalue weighted by atomic mass is 10.1. The first-order chi connectivity index (χ1) is 10.8. The Bertz CT molecular complexity index is 784. The van der Waals surface area contributed by atoms with Crippen LogP contribution in [0.25, 0.3) is 22.4 Å². The van der Waals surface area contributed by atoms with E-state index in [0.29, 0.717) is 12.1 Å². The summed E-state index contributed by atoms with van der Waals surface area (Å²) in [4.78, 5) is 11.3. The lowest BCUT2D eigenvalue weighted by Gasteiger charge is -2.32. The molecule has 0 spiro atoms. The fraction of sp³-hybridized carbons (Fsp3) is 0.294. The Labute approximate surface area is 129 Å². The van der Waals surface area contributed by atoms with Crippen molar-refractivity contribution in [2.45, 2.75) is 13.0 Å². The van der Waals surface area contributed by atoms with Crippen molar-refractivity contribution in [2.24, 2.45) is 0 Å². The molecule has 2 aromatic heterocycles. The maximum absolute atomic E-state index is 6.11. The minimum absolute atomic E-state index is 0.375. The normalized spacial score (nSPS) is 18.8. The minimum atomic E-state index is 0.375.